The van der Waals surface area contributed by atoms with Crippen molar-refractivity contribution in [3.63, 3.8) is 0 Å². The zero-order chi connectivity index (χ0) is 26.2. The number of carbonyl (C=O) groups excluding carboxylic acids is 5. The Balaban J connectivity index is 3.62. The van der Waals surface area contributed by atoms with E-state index in [0.717, 1.165) is 20.8 Å². The second-order valence-corrected chi connectivity index (χ2v) is 8.48. The van der Waals surface area contributed by atoms with Gasteiger partial charge < -0.3 is 28.4 Å². The van der Waals surface area contributed by atoms with E-state index in [1.165, 1.54) is 13.0 Å². The maximum absolute atomic E-state index is 13.0. The normalized spacial score (nSPS) is 24.4. The molecule has 1 heterocycles. The Bertz CT molecular complexity index is 788. The molecule has 0 N–H and O–H groups in total. The number of esters is 3. The van der Waals surface area contributed by atoms with Gasteiger partial charge in [-0.25, -0.2) is 9.69 Å². The van der Waals surface area contributed by atoms with E-state index in [0.29, 0.717) is 4.90 Å². The van der Waals surface area contributed by atoms with E-state index in [1.807, 2.05) is 0 Å². The van der Waals surface area contributed by atoms with Gasteiger partial charge in [0.2, 0.25) is 5.91 Å². The summed E-state index contributed by atoms with van der Waals surface area (Å²) in [7, 11) is 0. The molecule has 12 heteroatoms. The monoisotopic (exact) mass is 487 g/mol. The number of rotatable bonds is 8. The molecule has 0 aromatic rings. The average molecular weight is 488 g/mol. The molecule has 1 saturated heterocycles. The molecule has 1 fully saturated rings. The van der Waals surface area contributed by atoms with Crippen molar-refractivity contribution in [2.24, 2.45) is 0 Å². The van der Waals surface area contributed by atoms with Crippen LogP contribution in [0.4, 0.5) is 4.79 Å². The Labute approximate surface area is 198 Å². The molecule has 0 unspecified atom stereocenters. The Hall–Kier alpha value is -2.99. The Kier molecular flexibility index (Phi) is 10.6. The van der Waals surface area contributed by atoms with Crippen molar-refractivity contribution >= 4 is 29.9 Å². The van der Waals surface area contributed by atoms with Crippen LogP contribution in [0.5, 0.6) is 0 Å². The summed E-state index contributed by atoms with van der Waals surface area (Å²) >= 11 is 0. The number of ether oxygens (including phenoxy) is 6. The van der Waals surface area contributed by atoms with Crippen LogP contribution in [0.1, 0.15) is 48.5 Å². The van der Waals surface area contributed by atoms with Gasteiger partial charge in [-0.2, -0.15) is 0 Å². The number of hydrogen-bond donors (Lipinski definition) is 0. The maximum Gasteiger partial charge on any atom is 0.417 e. The third-order valence-corrected chi connectivity index (χ3v) is 4.28. The summed E-state index contributed by atoms with van der Waals surface area (Å²) in [5.41, 5.74) is -0.970. The van der Waals surface area contributed by atoms with Crippen molar-refractivity contribution in [3.8, 4) is 0 Å². The van der Waals surface area contributed by atoms with E-state index in [-0.39, 0.29) is 6.61 Å². The van der Waals surface area contributed by atoms with Gasteiger partial charge in [0.05, 0.1) is 6.61 Å². The Morgan fingerprint density at radius 3 is 1.94 bits per heavy atom. The molecule has 0 aliphatic carbocycles. The first-order valence-corrected chi connectivity index (χ1v) is 10.6. The SMILES string of the molecule is C=CCO[C@@H]1O[C@H](COC(C)=O)[C@H](OC(C)=O)[C@H](OC(C)=O)[C@H]1N(C(C)=O)C(=O)OC(C)(C)C. The highest BCUT2D eigenvalue weighted by Crippen LogP contribution is 2.32. The third kappa shape index (κ3) is 8.75. The fourth-order valence-electron chi connectivity index (χ4n) is 3.23. The molecule has 192 valence electrons. The summed E-state index contributed by atoms with van der Waals surface area (Å²) in [6, 6.07) is -1.42. The molecule has 2 amide bonds. The van der Waals surface area contributed by atoms with Gasteiger partial charge >= 0.3 is 24.0 Å². The van der Waals surface area contributed by atoms with Gasteiger partial charge in [-0.1, -0.05) is 6.08 Å². The number of nitrogens with zero attached hydrogens (tertiary/aromatic N) is 1. The average Bonchev–Trinajstić information content (AvgIpc) is 2.66. The molecule has 12 nitrogen and oxygen atoms in total. The van der Waals surface area contributed by atoms with Crippen molar-refractivity contribution in [2.45, 2.75) is 84.7 Å². The minimum absolute atomic E-state index is 0.0768. The van der Waals surface area contributed by atoms with Crippen LogP contribution in [0.15, 0.2) is 12.7 Å². The molecule has 0 saturated carbocycles. The molecular formula is C22H33NO11. The highest BCUT2D eigenvalue weighted by molar-refractivity contribution is 5.91. The number of hydrogen-bond acceptors (Lipinski definition) is 11. The summed E-state index contributed by atoms with van der Waals surface area (Å²) in [6.07, 6.45) is -5.01. The van der Waals surface area contributed by atoms with Crippen molar-refractivity contribution in [2.75, 3.05) is 13.2 Å². The summed E-state index contributed by atoms with van der Waals surface area (Å²) < 4.78 is 32.7. The van der Waals surface area contributed by atoms with E-state index in [1.54, 1.807) is 20.8 Å². The summed E-state index contributed by atoms with van der Waals surface area (Å²) in [5, 5.41) is 0. The zero-order valence-corrected chi connectivity index (χ0v) is 20.5. The van der Waals surface area contributed by atoms with Crippen molar-refractivity contribution < 1.29 is 52.4 Å². The molecule has 0 spiro atoms. The summed E-state index contributed by atoms with van der Waals surface area (Å²) in [4.78, 5) is 61.6. The predicted octanol–water partition coefficient (Wildman–Crippen LogP) is 1.49. The van der Waals surface area contributed by atoms with Gasteiger partial charge in [-0.15, -0.1) is 6.58 Å². The minimum Gasteiger partial charge on any atom is -0.463 e. The Morgan fingerprint density at radius 1 is 0.941 bits per heavy atom. The van der Waals surface area contributed by atoms with Crippen LogP contribution < -0.4 is 0 Å². The van der Waals surface area contributed by atoms with Gasteiger partial charge in [0.25, 0.3) is 0 Å². The van der Waals surface area contributed by atoms with E-state index in [9.17, 15) is 24.0 Å². The quantitative estimate of drug-likeness (QED) is 0.279. The van der Waals surface area contributed by atoms with Crippen LogP contribution in [0.2, 0.25) is 0 Å². The maximum atomic E-state index is 13.0. The minimum atomic E-state index is -1.44. The van der Waals surface area contributed by atoms with Gasteiger partial charge in [-0.3, -0.25) is 19.2 Å². The van der Waals surface area contributed by atoms with Gasteiger partial charge in [0, 0.05) is 27.7 Å². The smallest absolute Gasteiger partial charge is 0.417 e. The molecule has 1 rings (SSSR count). The molecule has 1 aliphatic heterocycles. The molecular weight excluding hydrogens is 454 g/mol. The van der Waals surface area contributed by atoms with Crippen LogP contribution in [0.3, 0.4) is 0 Å². The van der Waals surface area contributed by atoms with E-state index < -0.39 is 72.8 Å². The number of amides is 2. The van der Waals surface area contributed by atoms with Crippen LogP contribution in [-0.2, 0) is 47.6 Å². The predicted molar refractivity (Wildman–Crippen MR) is 115 cm³/mol. The largest absolute Gasteiger partial charge is 0.463 e. The lowest BCUT2D eigenvalue weighted by Gasteiger charge is -2.47. The van der Waals surface area contributed by atoms with E-state index in [4.69, 9.17) is 28.4 Å². The highest BCUT2D eigenvalue weighted by Gasteiger charge is 2.55. The van der Waals surface area contributed by atoms with Crippen LogP contribution in [0, 0.1) is 0 Å². The van der Waals surface area contributed by atoms with Crippen LogP contribution >= 0.6 is 0 Å². The molecule has 5 atom stereocenters. The fourth-order valence-corrected chi connectivity index (χ4v) is 3.23. The van der Waals surface area contributed by atoms with Crippen molar-refractivity contribution in [3.05, 3.63) is 12.7 Å². The number of carbonyl (C=O) groups is 5. The lowest BCUT2D eigenvalue weighted by Crippen LogP contribution is -2.68. The lowest BCUT2D eigenvalue weighted by molar-refractivity contribution is -0.286. The van der Waals surface area contributed by atoms with E-state index in [2.05, 4.69) is 6.58 Å². The summed E-state index contributed by atoms with van der Waals surface area (Å²) in [6.45, 7) is 12.4. The molecule has 0 aromatic heterocycles. The molecule has 34 heavy (non-hydrogen) atoms. The second-order valence-electron chi connectivity index (χ2n) is 8.48. The third-order valence-electron chi connectivity index (χ3n) is 4.28. The second kappa shape index (κ2) is 12.5. The zero-order valence-electron chi connectivity index (χ0n) is 20.5. The summed E-state index contributed by atoms with van der Waals surface area (Å²) in [5.74, 6) is -2.98. The standard InChI is InChI=1S/C22H33NO11/c1-9-10-29-20-17(23(12(2)24)21(28)34-22(6,7)8)19(32-15(5)27)18(31-14(4)26)16(33-20)11-30-13(3)25/h9,16-20H,1,10-11H2,2-8H3/t16-,17-,18+,19-,20-/m1/s1. The first-order chi connectivity index (χ1) is 15.7. The molecule has 1 aliphatic rings. The lowest BCUT2D eigenvalue weighted by atomic mass is 9.95. The topological polar surface area (TPSA) is 144 Å². The van der Waals surface area contributed by atoms with Crippen LogP contribution in [-0.4, -0.2) is 84.3 Å². The van der Waals surface area contributed by atoms with E-state index >= 15 is 0 Å². The first kappa shape index (κ1) is 29.0. The van der Waals surface area contributed by atoms with Gasteiger partial charge in [0.1, 0.15) is 24.4 Å². The van der Waals surface area contributed by atoms with Crippen LogP contribution in [0.25, 0.3) is 0 Å². The molecule has 0 aromatic carbocycles. The Morgan fingerprint density at radius 2 is 1.50 bits per heavy atom. The van der Waals surface area contributed by atoms with Gasteiger partial charge in [-0.05, 0) is 20.8 Å². The number of imide groups is 1. The molecule has 0 bridgehead atoms. The van der Waals surface area contributed by atoms with Crippen molar-refractivity contribution in [1.29, 1.82) is 0 Å². The first-order valence-electron chi connectivity index (χ1n) is 10.6. The molecule has 0 radical (unpaired) electrons. The highest BCUT2D eigenvalue weighted by atomic mass is 16.7. The van der Waals surface area contributed by atoms with Crippen molar-refractivity contribution in [1.82, 2.24) is 4.90 Å². The fraction of sp³-hybridized carbons (Fsp3) is 0.682. The van der Waals surface area contributed by atoms with Gasteiger partial charge in [0.15, 0.2) is 18.5 Å².